The predicted octanol–water partition coefficient (Wildman–Crippen LogP) is 4.44. The van der Waals surface area contributed by atoms with Gasteiger partial charge in [0.25, 0.3) is 0 Å². The van der Waals surface area contributed by atoms with Gasteiger partial charge in [-0.3, -0.25) is 4.90 Å². The molecule has 0 radical (unpaired) electrons. The third-order valence-corrected chi connectivity index (χ3v) is 4.27. The van der Waals surface area contributed by atoms with Crippen LogP contribution in [0.4, 0.5) is 4.79 Å². The van der Waals surface area contributed by atoms with Crippen LogP contribution in [0.5, 0.6) is 0 Å². The molecular formula is C18H23N3O2S. The quantitative estimate of drug-likeness (QED) is 0.791. The van der Waals surface area contributed by atoms with Gasteiger partial charge in [0.05, 0.1) is 17.9 Å². The predicted molar refractivity (Wildman–Crippen MR) is 96.2 cm³/mol. The second-order valence-electron chi connectivity index (χ2n) is 7.06. The Hall–Kier alpha value is -1.95. The first-order chi connectivity index (χ1) is 11.3. The maximum Gasteiger partial charge on any atom is 0.410 e. The first kappa shape index (κ1) is 16.9. The number of hydrogen-bond acceptors (Lipinski definition) is 4. The van der Waals surface area contributed by atoms with E-state index in [1.165, 1.54) is 0 Å². The molecule has 1 aliphatic rings. The summed E-state index contributed by atoms with van der Waals surface area (Å²) < 4.78 is 5.51. The number of aromatic amines is 1. The number of ether oxygens (including phenoxy) is 1. The van der Waals surface area contributed by atoms with Gasteiger partial charge >= 0.3 is 6.09 Å². The van der Waals surface area contributed by atoms with Gasteiger partial charge in [-0.1, -0.05) is 12.1 Å². The minimum atomic E-state index is -0.493. The number of benzene rings is 1. The van der Waals surface area contributed by atoms with Crippen molar-refractivity contribution < 1.29 is 9.53 Å². The van der Waals surface area contributed by atoms with Crippen LogP contribution >= 0.6 is 12.6 Å². The van der Waals surface area contributed by atoms with Crippen molar-refractivity contribution in [3.8, 4) is 11.3 Å². The molecule has 1 saturated heterocycles. The monoisotopic (exact) mass is 345 g/mol. The molecule has 1 aliphatic heterocycles. The van der Waals surface area contributed by atoms with Crippen molar-refractivity contribution in [2.75, 3.05) is 6.54 Å². The third-order valence-electron chi connectivity index (χ3n) is 3.97. The molecule has 1 aromatic carbocycles. The normalized spacial score (nSPS) is 18.0. The Balaban J connectivity index is 1.78. The fraction of sp³-hybridized carbons (Fsp3) is 0.444. The molecule has 1 fully saturated rings. The molecule has 0 saturated carbocycles. The number of hydrogen-bond donors (Lipinski definition) is 2. The average molecular weight is 345 g/mol. The van der Waals surface area contributed by atoms with Gasteiger partial charge in [0.2, 0.25) is 0 Å². The Kier molecular flexibility index (Phi) is 4.58. The summed E-state index contributed by atoms with van der Waals surface area (Å²) in [5.41, 5.74) is 1.50. The van der Waals surface area contributed by atoms with Gasteiger partial charge in [-0.15, -0.1) is 12.6 Å². The number of imidazole rings is 1. The molecule has 0 aliphatic carbocycles. The summed E-state index contributed by atoms with van der Waals surface area (Å²) in [6.07, 6.45) is 3.38. The Bertz CT molecular complexity index is 719. The molecule has 0 bridgehead atoms. The lowest BCUT2D eigenvalue weighted by Gasteiger charge is -2.27. The van der Waals surface area contributed by atoms with Crippen molar-refractivity contribution in [2.45, 2.75) is 50.2 Å². The molecule has 1 unspecified atom stereocenters. The summed E-state index contributed by atoms with van der Waals surface area (Å²) in [6.45, 7) is 6.34. The van der Waals surface area contributed by atoms with E-state index in [-0.39, 0.29) is 12.1 Å². The molecule has 1 amide bonds. The van der Waals surface area contributed by atoms with E-state index in [2.05, 4.69) is 22.6 Å². The van der Waals surface area contributed by atoms with Gasteiger partial charge in [0, 0.05) is 11.4 Å². The summed E-state index contributed by atoms with van der Waals surface area (Å²) in [5, 5.41) is 0. The number of rotatable bonds is 2. The van der Waals surface area contributed by atoms with E-state index in [1.54, 1.807) is 4.90 Å². The first-order valence-electron chi connectivity index (χ1n) is 8.17. The van der Waals surface area contributed by atoms with Crippen LogP contribution < -0.4 is 0 Å². The van der Waals surface area contributed by atoms with Crippen LogP contribution in [0.2, 0.25) is 0 Å². The number of carbonyl (C=O) groups is 1. The lowest BCUT2D eigenvalue weighted by molar-refractivity contribution is 0.0219. The summed E-state index contributed by atoms with van der Waals surface area (Å²) >= 11 is 4.30. The van der Waals surface area contributed by atoms with E-state index in [1.807, 2.05) is 51.2 Å². The van der Waals surface area contributed by atoms with Crippen LogP contribution in [0.25, 0.3) is 11.3 Å². The van der Waals surface area contributed by atoms with Crippen molar-refractivity contribution >= 4 is 18.7 Å². The number of nitrogens with zero attached hydrogens (tertiary/aromatic N) is 2. The van der Waals surface area contributed by atoms with E-state index >= 15 is 0 Å². The molecule has 0 spiro atoms. The van der Waals surface area contributed by atoms with Crippen molar-refractivity contribution in [1.29, 1.82) is 0 Å². The number of aromatic nitrogens is 2. The number of H-pyrrole nitrogens is 1. The number of carbonyl (C=O) groups excluding carboxylic acids is 1. The Morgan fingerprint density at radius 2 is 2.04 bits per heavy atom. The molecule has 2 aromatic rings. The van der Waals surface area contributed by atoms with Crippen LogP contribution in [0.3, 0.4) is 0 Å². The Labute approximate surface area is 147 Å². The highest BCUT2D eigenvalue weighted by Crippen LogP contribution is 2.32. The van der Waals surface area contributed by atoms with Crippen molar-refractivity contribution in [3.63, 3.8) is 0 Å². The molecular weight excluding hydrogens is 322 g/mol. The van der Waals surface area contributed by atoms with E-state index in [0.717, 1.165) is 34.8 Å². The highest BCUT2D eigenvalue weighted by Gasteiger charge is 2.34. The molecule has 1 N–H and O–H groups in total. The lowest BCUT2D eigenvalue weighted by Crippen LogP contribution is -2.36. The van der Waals surface area contributed by atoms with Crippen molar-refractivity contribution in [1.82, 2.24) is 14.9 Å². The van der Waals surface area contributed by atoms with Crippen LogP contribution in [-0.2, 0) is 4.74 Å². The Morgan fingerprint density at radius 1 is 1.33 bits per heavy atom. The molecule has 5 nitrogen and oxygen atoms in total. The second-order valence-corrected chi connectivity index (χ2v) is 7.58. The molecule has 1 atom stereocenters. The van der Waals surface area contributed by atoms with Crippen molar-refractivity contribution in [2.24, 2.45) is 0 Å². The van der Waals surface area contributed by atoms with Crippen LogP contribution in [0.1, 0.15) is 45.5 Å². The summed E-state index contributed by atoms with van der Waals surface area (Å²) in [5.74, 6) is 0.809. The highest BCUT2D eigenvalue weighted by molar-refractivity contribution is 7.80. The average Bonchev–Trinajstić information content (AvgIpc) is 3.15. The summed E-state index contributed by atoms with van der Waals surface area (Å²) in [6, 6.07) is 7.83. The number of thiol groups is 1. The molecule has 2 heterocycles. The van der Waals surface area contributed by atoms with Gasteiger partial charge in [-0.05, 0) is 51.3 Å². The molecule has 1 aromatic heterocycles. The fourth-order valence-corrected chi connectivity index (χ4v) is 3.03. The minimum absolute atomic E-state index is 0.0576. The maximum absolute atomic E-state index is 12.4. The lowest BCUT2D eigenvalue weighted by atomic mass is 10.2. The topological polar surface area (TPSA) is 58.2 Å². The first-order valence-corrected chi connectivity index (χ1v) is 8.62. The largest absolute Gasteiger partial charge is 0.444 e. The highest BCUT2D eigenvalue weighted by atomic mass is 32.1. The van der Waals surface area contributed by atoms with Crippen LogP contribution in [-0.4, -0.2) is 33.1 Å². The molecule has 128 valence electrons. The fourth-order valence-electron chi connectivity index (χ4n) is 2.88. The van der Waals surface area contributed by atoms with Gasteiger partial charge < -0.3 is 9.72 Å². The number of nitrogens with one attached hydrogen (secondary N) is 1. The zero-order chi connectivity index (χ0) is 17.3. The molecule has 24 heavy (non-hydrogen) atoms. The standard InChI is InChI=1S/C18H23N3O2S/c1-18(2,3)23-17(22)21-10-4-5-15(21)16-19-11-14(20-16)12-6-8-13(24)9-7-12/h6-9,11,15,24H,4-5,10H2,1-3H3,(H,19,20). The second kappa shape index (κ2) is 6.51. The maximum atomic E-state index is 12.4. The van der Waals surface area contributed by atoms with Gasteiger partial charge in [-0.2, -0.15) is 0 Å². The SMILES string of the molecule is CC(C)(C)OC(=O)N1CCCC1c1ncc(-c2ccc(S)cc2)[nH]1. The number of amides is 1. The number of likely N-dealkylation sites (tertiary alicyclic amines) is 1. The molecule has 6 heteroatoms. The van der Waals surface area contributed by atoms with Gasteiger partial charge in [0.15, 0.2) is 0 Å². The van der Waals surface area contributed by atoms with Crippen molar-refractivity contribution in [3.05, 3.63) is 36.3 Å². The smallest absolute Gasteiger partial charge is 0.410 e. The van der Waals surface area contributed by atoms with Gasteiger partial charge in [-0.25, -0.2) is 9.78 Å². The summed E-state index contributed by atoms with van der Waals surface area (Å²) in [7, 11) is 0. The zero-order valence-corrected chi connectivity index (χ0v) is 15.1. The zero-order valence-electron chi connectivity index (χ0n) is 14.2. The van der Waals surface area contributed by atoms with E-state index in [9.17, 15) is 4.79 Å². The van der Waals surface area contributed by atoms with Crippen LogP contribution in [0.15, 0.2) is 35.4 Å². The third kappa shape index (κ3) is 3.75. The van der Waals surface area contributed by atoms with Crippen LogP contribution in [0, 0.1) is 0 Å². The Morgan fingerprint density at radius 3 is 2.71 bits per heavy atom. The van der Waals surface area contributed by atoms with Gasteiger partial charge in [0.1, 0.15) is 11.4 Å². The minimum Gasteiger partial charge on any atom is -0.444 e. The summed E-state index contributed by atoms with van der Waals surface area (Å²) in [4.78, 5) is 23.0. The van der Waals surface area contributed by atoms with E-state index in [4.69, 9.17) is 4.74 Å². The van der Waals surface area contributed by atoms with E-state index in [0.29, 0.717) is 6.54 Å². The molecule has 3 rings (SSSR count). The van der Waals surface area contributed by atoms with E-state index < -0.39 is 5.60 Å².